The van der Waals surface area contributed by atoms with E-state index in [1.165, 1.54) is 11.3 Å². The monoisotopic (exact) mass is 290 g/mol. The van der Waals surface area contributed by atoms with Gasteiger partial charge in [0.05, 0.1) is 6.04 Å². The minimum Gasteiger partial charge on any atom is -0.329 e. The first kappa shape index (κ1) is 14.5. The average molecular weight is 290 g/mol. The number of aromatic nitrogens is 1. The number of carbonyl (C=O) groups is 1. The summed E-state index contributed by atoms with van der Waals surface area (Å²) < 4.78 is 0. The fraction of sp³-hybridized carbons (Fsp3) is 0.286. The number of nitrogens with two attached hydrogens (primary N) is 1. The number of amides is 2. The van der Waals surface area contributed by atoms with Crippen LogP contribution in [0.5, 0.6) is 0 Å². The van der Waals surface area contributed by atoms with Crippen LogP contribution in [0.4, 0.5) is 10.5 Å². The van der Waals surface area contributed by atoms with Crippen molar-refractivity contribution in [2.75, 3.05) is 5.32 Å². The van der Waals surface area contributed by atoms with E-state index in [9.17, 15) is 4.79 Å². The highest BCUT2D eigenvalue weighted by Crippen LogP contribution is 2.17. The molecule has 2 unspecified atom stereocenters. The molecule has 0 bridgehead atoms. The van der Waals surface area contributed by atoms with Gasteiger partial charge in [0.2, 0.25) is 0 Å². The van der Waals surface area contributed by atoms with E-state index < -0.39 is 0 Å². The van der Waals surface area contributed by atoms with E-state index in [4.69, 9.17) is 5.73 Å². The average Bonchev–Trinajstić information content (AvgIpc) is 2.92. The van der Waals surface area contributed by atoms with Crippen molar-refractivity contribution < 1.29 is 4.79 Å². The van der Waals surface area contributed by atoms with Gasteiger partial charge in [-0.15, -0.1) is 11.3 Å². The summed E-state index contributed by atoms with van der Waals surface area (Å²) in [5.74, 6) is 0. The summed E-state index contributed by atoms with van der Waals surface area (Å²) in [6.45, 7) is 3.81. The number of rotatable bonds is 4. The number of hydrogen-bond donors (Lipinski definition) is 3. The number of urea groups is 1. The van der Waals surface area contributed by atoms with Crippen molar-refractivity contribution in [2.45, 2.75) is 25.9 Å². The molecule has 1 heterocycles. The van der Waals surface area contributed by atoms with E-state index in [1.54, 1.807) is 6.20 Å². The molecule has 0 aliphatic rings. The molecular formula is C14H18N4OS. The fourth-order valence-electron chi connectivity index (χ4n) is 1.77. The molecule has 0 fully saturated rings. The Hall–Kier alpha value is -1.92. The van der Waals surface area contributed by atoms with Gasteiger partial charge in [0.25, 0.3) is 0 Å². The maximum atomic E-state index is 11.9. The van der Waals surface area contributed by atoms with E-state index >= 15 is 0 Å². The highest BCUT2D eigenvalue weighted by atomic mass is 32.1. The van der Waals surface area contributed by atoms with Gasteiger partial charge in [-0.2, -0.15) is 0 Å². The molecule has 0 aliphatic carbocycles. The largest absolute Gasteiger partial charge is 0.329 e. The van der Waals surface area contributed by atoms with Crippen LogP contribution in [0.25, 0.3) is 0 Å². The zero-order chi connectivity index (χ0) is 14.5. The molecule has 0 spiro atoms. The third kappa shape index (κ3) is 3.79. The van der Waals surface area contributed by atoms with Crippen molar-refractivity contribution in [3.63, 3.8) is 0 Å². The number of nitrogens with one attached hydrogen (secondary N) is 2. The van der Waals surface area contributed by atoms with E-state index in [0.717, 1.165) is 16.3 Å². The van der Waals surface area contributed by atoms with Crippen LogP contribution >= 0.6 is 11.3 Å². The highest BCUT2D eigenvalue weighted by molar-refractivity contribution is 7.09. The molecule has 6 heteroatoms. The molecule has 5 nitrogen and oxygen atoms in total. The highest BCUT2D eigenvalue weighted by Gasteiger charge is 2.11. The van der Waals surface area contributed by atoms with Crippen LogP contribution in [0.1, 0.15) is 36.5 Å². The Bertz CT molecular complexity index is 568. The zero-order valence-corrected chi connectivity index (χ0v) is 12.3. The number of carbonyl (C=O) groups excluding carboxylic acids is 1. The Morgan fingerprint density at radius 1 is 1.40 bits per heavy atom. The van der Waals surface area contributed by atoms with Crippen LogP contribution in [-0.4, -0.2) is 11.0 Å². The van der Waals surface area contributed by atoms with Gasteiger partial charge in [-0.3, -0.25) is 0 Å². The van der Waals surface area contributed by atoms with Gasteiger partial charge in [0.15, 0.2) is 0 Å². The van der Waals surface area contributed by atoms with Crippen LogP contribution in [0, 0.1) is 0 Å². The number of nitrogens with zero attached hydrogens (tertiary/aromatic N) is 1. The zero-order valence-electron chi connectivity index (χ0n) is 11.5. The molecule has 2 atom stereocenters. The number of anilines is 1. The second-order valence-electron chi connectivity index (χ2n) is 4.60. The minimum absolute atomic E-state index is 0.0611. The van der Waals surface area contributed by atoms with Crippen LogP contribution in [-0.2, 0) is 0 Å². The lowest BCUT2D eigenvalue weighted by atomic mass is 10.1. The standard InChI is InChI=1S/C14H18N4OS/c1-9(15)11-4-3-5-12(8-11)18-14(19)17-10(2)13-16-6-7-20-13/h3-10H,15H2,1-2H3,(H2,17,18,19). The summed E-state index contributed by atoms with van der Waals surface area (Å²) in [6.07, 6.45) is 1.72. The Morgan fingerprint density at radius 2 is 2.20 bits per heavy atom. The summed E-state index contributed by atoms with van der Waals surface area (Å²) >= 11 is 1.52. The molecule has 0 saturated heterocycles. The lowest BCUT2D eigenvalue weighted by molar-refractivity contribution is 0.249. The summed E-state index contributed by atoms with van der Waals surface area (Å²) in [4.78, 5) is 16.1. The molecule has 1 aromatic carbocycles. The molecular weight excluding hydrogens is 272 g/mol. The number of hydrogen-bond acceptors (Lipinski definition) is 4. The van der Waals surface area contributed by atoms with Gasteiger partial charge in [-0.05, 0) is 31.5 Å². The summed E-state index contributed by atoms with van der Waals surface area (Å²) in [6, 6.07) is 7.08. The molecule has 2 aromatic rings. The third-order valence-electron chi connectivity index (χ3n) is 2.84. The van der Waals surface area contributed by atoms with E-state index in [2.05, 4.69) is 15.6 Å². The quantitative estimate of drug-likeness (QED) is 0.809. The topological polar surface area (TPSA) is 80.0 Å². The van der Waals surface area contributed by atoms with E-state index in [-0.39, 0.29) is 18.1 Å². The first-order valence-electron chi connectivity index (χ1n) is 6.38. The number of thiazole rings is 1. The maximum Gasteiger partial charge on any atom is 0.319 e. The SMILES string of the molecule is CC(N)c1cccc(NC(=O)NC(C)c2nccs2)c1. The van der Waals surface area contributed by atoms with Gasteiger partial charge in [-0.25, -0.2) is 9.78 Å². The summed E-state index contributed by atoms with van der Waals surface area (Å²) in [5.41, 5.74) is 7.53. The van der Waals surface area contributed by atoms with Gasteiger partial charge in [0, 0.05) is 23.3 Å². The molecule has 0 saturated carbocycles. The molecule has 20 heavy (non-hydrogen) atoms. The fourth-order valence-corrected chi connectivity index (χ4v) is 2.42. The second kappa shape index (κ2) is 6.49. The normalized spacial score (nSPS) is 13.6. The Morgan fingerprint density at radius 3 is 2.85 bits per heavy atom. The predicted molar refractivity (Wildman–Crippen MR) is 81.7 cm³/mol. The van der Waals surface area contributed by atoms with Crippen molar-refractivity contribution in [1.29, 1.82) is 0 Å². The first-order chi connectivity index (χ1) is 9.56. The van der Waals surface area contributed by atoms with Gasteiger partial charge >= 0.3 is 6.03 Å². The lowest BCUT2D eigenvalue weighted by Gasteiger charge is -2.13. The molecule has 1 aromatic heterocycles. The summed E-state index contributed by atoms with van der Waals surface area (Å²) in [5, 5.41) is 8.41. The molecule has 2 rings (SSSR count). The van der Waals surface area contributed by atoms with Crippen LogP contribution in [0.2, 0.25) is 0 Å². The van der Waals surface area contributed by atoms with Crippen molar-refractivity contribution >= 4 is 23.1 Å². The van der Waals surface area contributed by atoms with Crippen LogP contribution < -0.4 is 16.4 Å². The van der Waals surface area contributed by atoms with Crippen LogP contribution in [0.15, 0.2) is 35.8 Å². The van der Waals surface area contributed by atoms with Crippen molar-refractivity contribution in [2.24, 2.45) is 5.73 Å². The molecule has 2 amide bonds. The maximum absolute atomic E-state index is 11.9. The molecule has 4 N–H and O–H groups in total. The Kier molecular flexibility index (Phi) is 4.70. The van der Waals surface area contributed by atoms with Crippen molar-refractivity contribution in [1.82, 2.24) is 10.3 Å². The Balaban J connectivity index is 1.96. The second-order valence-corrected chi connectivity index (χ2v) is 5.53. The van der Waals surface area contributed by atoms with Crippen LogP contribution in [0.3, 0.4) is 0 Å². The van der Waals surface area contributed by atoms with Gasteiger partial charge in [0.1, 0.15) is 5.01 Å². The van der Waals surface area contributed by atoms with Gasteiger partial charge < -0.3 is 16.4 Å². The summed E-state index contributed by atoms with van der Waals surface area (Å²) in [7, 11) is 0. The van der Waals surface area contributed by atoms with Crippen molar-refractivity contribution in [3.8, 4) is 0 Å². The molecule has 0 radical (unpaired) electrons. The lowest BCUT2D eigenvalue weighted by Crippen LogP contribution is -2.31. The third-order valence-corrected chi connectivity index (χ3v) is 3.80. The van der Waals surface area contributed by atoms with Crippen molar-refractivity contribution in [3.05, 3.63) is 46.4 Å². The Labute approximate surface area is 122 Å². The van der Waals surface area contributed by atoms with Gasteiger partial charge in [-0.1, -0.05) is 12.1 Å². The van der Waals surface area contributed by atoms with E-state index in [0.29, 0.717) is 0 Å². The van der Waals surface area contributed by atoms with E-state index in [1.807, 2.05) is 43.5 Å². The molecule has 106 valence electrons. The molecule has 0 aliphatic heterocycles. The predicted octanol–water partition coefficient (Wildman–Crippen LogP) is 3.05. The smallest absolute Gasteiger partial charge is 0.319 e. The number of benzene rings is 1. The first-order valence-corrected chi connectivity index (χ1v) is 7.26. The minimum atomic E-state index is -0.255.